The number of imidazole rings is 1. The Hall–Kier alpha value is -1.22. The van der Waals surface area contributed by atoms with Crippen LogP contribution in [0.15, 0.2) is 23.0 Å². The minimum atomic E-state index is -0.0303. The van der Waals surface area contributed by atoms with Gasteiger partial charge >= 0.3 is 5.69 Å². The molecule has 13 heavy (non-hydrogen) atoms. The second-order valence-corrected chi connectivity index (χ2v) is 3.47. The van der Waals surface area contributed by atoms with Crippen molar-refractivity contribution in [3.8, 4) is 0 Å². The van der Waals surface area contributed by atoms with E-state index in [0.29, 0.717) is 5.02 Å². The zero-order valence-corrected chi connectivity index (χ0v) is 8.17. The Bertz CT molecular complexity index is 524. The number of halogens is 1. The summed E-state index contributed by atoms with van der Waals surface area (Å²) in [6.45, 7) is 0. The van der Waals surface area contributed by atoms with Gasteiger partial charge in [0.1, 0.15) is 0 Å². The van der Waals surface area contributed by atoms with Gasteiger partial charge in [-0.1, -0.05) is 11.6 Å². The van der Waals surface area contributed by atoms with E-state index in [4.69, 9.17) is 11.6 Å². The lowest BCUT2D eigenvalue weighted by Gasteiger charge is -1.94. The molecular formula is C9H9ClN2O. The summed E-state index contributed by atoms with van der Waals surface area (Å²) in [6.07, 6.45) is 0. The number of rotatable bonds is 0. The van der Waals surface area contributed by atoms with Crippen LogP contribution < -0.4 is 5.69 Å². The molecule has 4 heteroatoms. The van der Waals surface area contributed by atoms with Crippen LogP contribution in [0.25, 0.3) is 11.0 Å². The second kappa shape index (κ2) is 2.64. The summed E-state index contributed by atoms with van der Waals surface area (Å²) in [4.78, 5) is 11.5. The van der Waals surface area contributed by atoms with Gasteiger partial charge in [0.2, 0.25) is 0 Å². The first-order chi connectivity index (χ1) is 6.11. The molecule has 0 N–H and O–H groups in total. The molecule has 0 fully saturated rings. The number of fused-ring (bicyclic) bond motifs is 1. The van der Waals surface area contributed by atoms with Gasteiger partial charge in [-0.15, -0.1) is 0 Å². The van der Waals surface area contributed by atoms with Crippen molar-refractivity contribution in [3.05, 3.63) is 33.7 Å². The lowest BCUT2D eigenvalue weighted by Crippen LogP contribution is -2.19. The summed E-state index contributed by atoms with van der Waals surface area (Å²) in [5.74, 6) is 0. The van der Waals surface area contributed by atoms with E-state index >= 15 is 0 Å². The van der Waals surface area contributed by atoms with Gasteiger partial charge in [0, 0.05) is 19.1 Å². The van der Waals surface area contributed by atoms with Crippen LogP contribution in [0.3, 0.4) is 0 Å². The molecule has 1 heterocycles. The van der Waals surface area contributed by atoms with E-state index in [1.165, 1.54) is 0 Å². The van der Waals surface area contributed by atoms with Gasteiger partial charge in [-0.2, -0.15) is 0 Å². The predicted molar refractivity (Wildman–Crippen MR) is 53.2 cm³/mol. The third kappa shape index (κ3) is 1.08. The summed E-state index contributed by atoms with van der Waals surface area (Å²) in [5.41, 5.74) is 1.73. The molecule has 0 amide bonds. The summed E-state index contributed by atoms with van der Waals surface area (Å²) in [6, 6.07) is 5.42. The average Bonchev–Trinajstić information content (AvgIpc) is 2.32. The Labute approximate surface area is 80.2 Å². The molecule has 0 aliphatic heterocycles. The van der Waals surface area contributed by atoms with E-state index in [-0.39, 0.29) is 5.69 Å². The van der Waals surface area contributed by atoms with Crippen LogP contribution >= 0.6 is 11.6 Å². The van der Waals surface area contributed by atoms with Gasteiger partial charge in [0.05, 0.1) is 11.0 Å². The van der Waals surface area contributed by atoms with E-state index in [1.807, 2.05) is 6.07 Å². The lowest BCUT2D eigenvalue weighted by atomic mass is 10.3. The number of hydrogen-bond donors (Lipinski definition) is 0. The van der Waals surface area contributed by atoms with Crippen LogP contribution in [0.1, 0.15) is 0 Å². The van der Waals surface area contributed by atoms with Crippen LogP contribution in [0, 0.1) is 0 Å². The van der Waals surface area contributed by atoms with Crippen molar-refractivity contribution in [1.82, 2.24) is 9.13 Å². The maximum absolute atomic E-state index is 11.5. The normalized spacial score (nSPS) is 11.0. The Morgan fingerprint density at radius 3 is 2.46 bits per heavy atom. The van der Waals surface area contributed by atoms with Crippen molar-refractivity contribution in [2.24, 2.45) is 14.1 Å². The minimum absolute atomic E-state index is 0.0303. The van der Waals surface area contributed by atoms with Gasteiger partial charge in [-0.05, 0) is 18.2 Å². The predicted octanol–water partition coefficient (Wildman–Crippen LogP) is 1.53. The second-order valence-electron chi connectivity index (χ2n) is 3.03. The molecule has 2 rings (SSSR count). The van der Waals surface area contributed by atoms with Crippen molar-refractivity contribution in [2.45, 2.75) is 0 Å². The van der Waals surface area contributed by atoms with E-state index in [1.54, 1.807) is 35.4 Å². The fraction of sp³-hybridized carbons (Fsp3) is 0.222. The summed E-state index contributed by atoms with van der Waals surface area (Å²) >= 11 is 5.83. The molecule has 0 saturated heterocycles. The highest BCUT2D eigenvalue weighted by molar-refractivity contribution is 6.31. The summed E-state index contributed by atoms with van der Waals surface area (Å²) < 4.78 is 3.19. The summed E-state index contributed by atoms with van der Waals surface area (Å²) in [5, 5.41) is 0.647. The first-order valence-corrected chi connectivity index (χ1v) is 4.30. The number of aryl methyl sites for hydroxylation is 2. The van der Waals surface area contributed by atoms with Gasteiger partial charge in [0.15, 0.2) is 0 Å². The van der Waals surface area contributed by atoms with Crippen molar-refractivity contribution >= 4 is 22.6 Å². The van der Waals surface area contributed by atoms with Crippen molar-refractivity contribution in [3.63, 3.8) is 0 Å². The minimum Gasteiger partial charge on any atom is -0.295 e. The van der Waals surface area contributed by atoms with E-state index in [9.17, 15) is 4.79 Å². The lowest BCUT2D eigenvalue weighted by molar-refractivity contribution is 0.795. The largest absolute Gasteiger partial charge is 0.328 e. The highest BCUT2D eigenvalue weighted by Crippen LogP contribution is 2.16. The van der Waals surface area contributed by atoms with E-state index < -0.39 is 0 Å². The smallest absolute Gasteiger partial charge is 0.295 e. The number of benzene rings is 1. The molecule has 1 aromatic carbocycles. The number of aromatic nitrogens is 2. The maximum Gasteiger partial charge on any atom is 0.328 e. The average molecular weight is 197 g/mol. The first kappa shape index (κ1) is 8.38. The molecule has 0 saturated carbocycles. The number of hydrogen-bond acceptors (Lipinski definition) is 1. The quantitative estimate of drug-likeness (QED) is 0.628. The van der Waals surface area contributed by atoms with Crippen LogP contribution in [0.2, 0.25) is 5.02 Å². The summed E-state index contributed by atoms with van der Waals surface area (Å²) in [7, 11) is 3.49. The molecule has 0 aliphatic rings. The third-order valence-electron chi connectivity index (χ3n) is 2.23. The van der Waals surface area contributed by atoms with Crippen molar-refractivity contribution in [1.29, 1.82) is 0 Å². The monoisotopic (exact) mass is 196 g/mol. The van der Waals surface area contributed by atoms with Gasteiger partial charge < -0.3 is 0 Å². The highest BCUT2D eigenvalue weighted by atomic mass is 35.5. The fourth-order valence-electron chi connectivity index (χ4n) is 1.48. The topological polar surface area (TPSA) is 26.9 Å². The molecule has 3 nitrogen and oxygen atoms in total. The molecule has 0 aliphatic carbocycles. The molecule has 0 bridgehead atoms. The fourth-order valence-corrected chi connectivity index (χ4v) is 1.65. The maximum atomic E-state index is 11.5. The highest BCUT2D eigenvalue weighted by Gasteiger charge is 2.06. The molecule has 0 unspecified atom stereocenters. The molecule has 0 radical (unpaired) electrons. The zero-order valence-electron chi connectivity index (χ0n) is 7.41. The molecule has 0 atom stereocenters. The molecule has 2 aromatic rings. The zero-order chi connectivity index (χ0) is 9.59. The molecule has 0 spiro atoms. The molecular weight excluding hydrogens is 188 g/mol. The van der Waals surface area contributed by atoms with Gasteiger partial charge in [-0.3, -0.25) is 9.13 Å². The Balaban J connectivity index is 3.04. The Morgan fingerprint density at radius 1 is 1.15 bits per heavy atom. The molecule has 1 aromatic heterocycles. The third-order valence-corrected chi connectivity index (χ3v) is 2.47. The van der Waals surface area contributed by atoms with Crippen molar-refractivity contribution < 1.29 is 0 Å². The SMILES string of the molecule is Cn1c(=O)n(C)c2cc(Cl)ccc21. The Morgan fingerprint density at radius 2 is 1.77 bits per heavy atom. The van der Waals surface area contributed by atoms with Crippen LogP contribution in [-0.2, 0) is 14.1 Å². The van der Waals surface area contributed by atoms with E-state index in [0.717, 1.165) is 11.0 Å². The van der Waals surface area contributed by atoms with Gasteiger partial charge in [0.25, 0.3) is 0 Å². The molecule has 68 valence electrons. The van der Waals surface area contributed by atoms with Crippen LogP contribution in [-0.4, -0.2) is 9.13 Å². The van der Waals surface area contributed by atoms with E-state index in [2.05, 4.69) is 0 Å². The van der Waals surface area contributed by atoms with Gasteiger partial charge in [-0.25, -0.2) is 4.79 Å². The first-order valence-electron chi connectivity index (χ1n) is 3.92. The van der Waals surface area contributed by atoms with Crippen molar-refractivity contribution in [2.75, 3.05) is 0 Å². The Kier molecular flexibility index (Phi) is 1.70. The standard InChI is InChI=1S/C9H9ClN2O/c1-11-7-4-3-6(10)5-8(7)12(2)9(11)13/h3-5H,1-2H3. The number of nitrogens with zero attached hydrogens (tertiary/aromatic N) is 2. The van der Waals surface area contributed by atoms with Crippen LogP contribution in [0.4, 0.5) is 0 Å². The van der Waals surface area contributed by atoms with Crippen LogP contribution in [0.5, 0.6) is 0 Å².